The molecule has 1 heterocycles. The molecule has 0 aliphatic carbocycles. The van der Waals surface area contributed by atoms with Crippen molar-refractivity contribution in [2.45, 2.75) is 27.4 Å². The van der Waals surface area contributed by atoms with Gasteiger partial charge in [-0.25, -0.2) is 0 Å². The predicted molar refractivity (Wildman–Crippen MR) is 67.6 cm³/mol. The van der Waals surface area contributed by atoms with Crippen LogP contribution in [0, 0.1) is 6.92 Å². The third-order valence-corrected chi connectivity index (χ3v) is 2.45. The second kappa shape index (κ2) is 5.66. The molecule has 0 atom stereocenters. The van der Waals surface area contributed by atoms with Gasteiger partial charge >= 0.3 is 0 Å². The average molecular weight is 220 g/mol. The van der Waals surface area contributed by atoms with Gasteiger partial charge in [-0.15, -0.1) is 0 Å². The highest BCUT2D eigenvalue weighted by atomic mass is 16.3. The second-order valence-electron chi connectivity index (χ2n) is 4.08. The van der Waals surface area contributed by atoms with Crippen LogP contribution in [-0.2, 0) is 6.61 Å². The summed E-state index contributed by atoms with van der Waals surface area (Å²) in [5.74, 6) is 0. The van der Waals surface area contributed by atoms with Gasteiger partial charge in [0.05, 0.1) is 6.61 Å². The van der Waals surface area contributed by atoms with Crippen molar-refractivity contribution in [2.75, 3.05) is 18.0 Å². The van der Waals surface area contributed by atoms with E-state index in [1.54, 1.807) is 6.20 Å². The van der Waals surface area contributed by atoms with Gasteiger partial charge in [0.2, 0.25) is 0 Å². The van der Waals surface area contributed by atoms with E-state index in [4.69, 9.17) is 0 Å². The maximum atomic E-state index is 9.30. The summed E-state index contributed by atoms with van der Waals surface area (Å²) in [6, 6.07) is 2.01. The number of nitrogens with zero attached hydrogens (tertiary/aromatic N) is 2. The lowest BCUT2D eigenvalue weighted by molar-refractivity contribution is 0.281. The largest absolute Gasteiger partial charge is 0.392 e. The van der Waals surface area contributed by atoms with Gasteiger partial charge in [-0.3, -0.25) is 4.98 Å². The Balaban J connectivity index is 3.06. The molecule has 0 spiro atoms. The smallest absolute Gasteiger partial charge is 0.0717 e. The van der Waals surface area contributed by atoms with Gasteiger partial charge in [-0.2, -0.15) is 0 Å². The van der Waals surface area contributed by atoms with Crippen molar-refractivity contribution >= 4 is 5.69 Å². The van der Waals surface area contributed by atoms with Gasteiger partial charge in [0.25, 0.3) is 0 Å². The average Bonchev–Trinajstić information content (AvgIpc) is 2.25. The molecule has 0 aromatic carbocycles. The molecule has 1 aromatic heterocycles. The number of aryl methyl sites for hydroxylation is 1. The minimum absolute atomic E-state index is 0.0231. The van der Waals surface area contributed by atoms with Crippen LogP contribution >= 0.6 is 0 Å². The Morgan fingerprint density at radius 3 is 2.75 bits per heavy atom. The number of likely N-dealkylation sites (N-methyl/N-ethyl adjacent to an activating group) is 1. The maximum absolute atomic E-state index is 9.30. The molecule has 3 heteroatoms. The number of aromatic nitrogens is 1. The van der Waals surface area contributed by atoms with E-state index in [2.05, 4.69) is 23.4 Å². The quantitative estimate of drug-likeness (QED) is 0.773. The number of aliphatic hydroxyl groups excluding tert-OH is 1. The third-order valence-electron chi connectivity index (χ3n) is 2.45. The molecule has 1 rings (SSSR count). The van der Waals surface area contributed by atoms with Gasteiger partial charge in [0, 0.05) is 36.2 Å². The molecule has 16 heavy (non-hydrogen) atoms. The topological polar surface area (TPSA) is 36.4 Å². The molecule has 1 aromatic rings. The van der Waals surface area contributed by atoms with E-state index in [0.29, 0.717) is 0 Å². The molecule has 0 amide bonds. The molecule has 0 aliphatic heterocycles. The van der Waals surface area contributed by atoms with Gasteiger partial charge in [0.15, 0.2) is 0 Å². The van der Waals surface area contributed by atoms with Crippen LogP contribution in [0.5, 0.6) is 0 Å². The molecule has 0 radical (unpaired) electrons. The van der Waals surface area contributed by atoms with Crippen LogP contribution < -0.4 is 4.90 Å². The summed E-state index contributed by atoms with van der Waals surface area (Å²) in [6.07, 6.45) is 1.74. The number of hydrogen-bond donors (Lipinski definition) is 1. The first kappa shape index (κ1) is 12.7. The van der Waals surface area contributed by atoms with E-state index in [1.165, 1.54) is 0 Å². The zero-order valence-electron chi connectivity index (χ0n) is 10.3. The fourth-order valence-corrected chi connectivity index (χ4v) is 1.68. The first-order valence-electron chi connectivity index (χ1n) is 5.54. The molecule has 0 unspecified atom stereocenters. The number of anilines is 1. The number of aliphatic hydroxyl groups is 1. The predicted octanol–water partition coefficient (Wildman–Crippen LogP) is 2.28. The lowest BCUT2D eigenvalue weighted by atomic mass is 10.1. The van der Waals surface area contributed by atoms with Crippen LogP contribution in [0.25, 0.3) is 0 Å². The number of hydrogen-bond acceptors (Lipinski definition) is 3. The van der Waals surface area contributed by atoms with Crippen molar-refractivity contribution in [1.29, 1.82) is 0 Å². The van der Waals surface area contributed by atoms with E-state index in [1.807, 2.05) is 19.9 Å². The SMILES string of the molecule is C=C(C)CN(CC)c1cc(C)ncc1CO. The monoisotopic (exact) mass is 220 g/mol. The number of rotatable bonds is 5. The van der Waals surface area contributed by atoms with E-state index in [0.717, 1.165) is 35.6 Å². The van der Waals surface area contributed by atoms with Gasteiger partial charge < -0.3 is 10.0 Å². The van der Waals surface area contributed by atoms with Gasteiger partial charge in [0.1, 0.15) is 0 Å². The highest BCUT2D eigenvalue weighted by Crippen LogP contribution is 2.21. The number of pyridine rings is 1. The zero-order chi connectivity index (χ0) is 12.1. The van der Waals surface area contributed by atoms with Crippen LogP contribution in [0.15, 0.2) is 24.4 Å². The van der Waals surface area contributed by atoms with Crippen LogP contribution in [0.2, 0.25) is 0 Å². The van der Waals surface area contributed by atoms with Crippen molar-refractivity contribution < 1.29 is 5.11 Å². The Labute approximate surface area is 97.4 Å². The van der Waals surface area contributed by atoms with Gasteiger partial charge in [-0.1, -0.05) is 12.2 Å². The lowest BCUT2D eigenvalue weighted by Crippen LogP contribution is -2.25. The standard InChI is InChI=1S/C13H20N2O/c1-5-15(8-10(2)3)13-6-11(4)14-7-12(13)9-16/h6-7,16H,2,5,8-9H2,1,3-4H3. The summed E-state index contributed by atoms with van der Waals surface area (Å²) >= 11 is 0. The van der Waals surface area contributed by atoms with Crippen molar-refractivity contribution in [3.63, 3.8) is 0 Å². The van der Waals surface area contributed by atoms with E-state index >= 15 is 0 Å². The second-order valence-corrected chi connectivity index (χ2v) is 4.08. The van der Waals surface area contributed by atoms with Crippen LogP contribution in [0.3, 0.4) is 0 Å². The molecule has 0 fully saturated rings. The van der Waals surface area contributed by atoms with Gasteiger partial charge in [-0.05, 0) is 26.8 Å². The van der Waals surface area contributed by atoms with Crippen molar-refractivity contribution in [3.05, 3.63) is 35.7 Å². The lowest BCUT2D eigenvalue weighted by Gasteiger charge is -2.25. The Hall–Kier alpha value is -1.35. The first-order valence-corrected chi connectivity index (χ1v) is 5.54. The minimum Gasteiger partial charge on any atom is -0.392 e. The minimum atomic E-state index is 0.0231. The molecule has 88 valence electrons. The Bertz CT molecular complexity index is 374. The highest BCUT2D eigenvalue weighted by molar-refractivity contribution is 5.54. The van der Waals surface area contributed by atoms with Crippen LogP contribution in [0.1, 0.15) is 25.1 Å². The zero-order valence-corrected chi connectivity index (χ0v) is 10.3. The molecular weight excluding hydrogens is 200 g/mol. The molecule has 0 aliphatic rings. The molecule has 0 bridgehead atoms. The van der Waals surface area contributed by atoms with Crippen LogP contribution in [-0.4, -0.2) is 23.2 Å². The summed E-state index contributed by atoms with van der Waals surface area (Å²) in [7, 11) is 0. The summed E-state index contributed by atoms with van der Waals surface area (Å²) < 4.78 is 0. The Morgan fingerprint density at radius 2 is 2.25 bits per heavy atom. The van der Waals surface area contributed by atoms with E-state index in [9.17, 15) is 5.11 Å². The molecular formula is C13H20N2O. The van der Waals surface area contributed by atoms with Crippen molar-refractivity contribution in [2.24, 2.45) is 0 Å². The third kappa shape index (κ3) is 3.07. The maximum Gasteiger partial charge on any atom is 0.0717 e. The summed E-state index contributed by atoms with van der Waals surface area (Å²) in [5.41, 5.74) is 4.00. The molecule has 0 saturated heterocycles. The van der Waals surface area contributed by atoms with E-state index in [-0.39, 0.29) is 6.61 Å². The van der Waals surface area contributed by atoms with Crippen molar-refractivity contribution in [3.8, 4) is 0 Å². The summed E-state index contributed by atoms with van der Waals surface area (Å²) in [5, 5.41) is 9.30. The fourth-order valence-electron chi connectivity index (χ4n) is 1.68. The first-order chi connectivity index (χ1) is 7.58. The molecule has 1 N–H and O–H groups in total. The molecule has 3 nitrogen and oxygen atoms in total. The van der Waals surface area contributed by atoms with Crippen molar-refractivity contribution in [1.82, 2.24) is 4.98 Å². The Kier molecular flexibility index (Phi) is 4.50. The summed E-state index contributed by atoms with van der Waals surface area (Å²) in [4.78, 5) is 6.39. The van der Waals surface area contributed by atoms with E-state index < -0.39 is 0 Å². The normalized spacial score (nSPS) is 10.2. The summed E-state index contributed by atoms with van der Waals surface area (Å²) in [6.45, 7) is 11.7. The Morgan fingerprint density at radius 1 is 1.56 bits per heavy atom. The van der Waals surface area contributed by atoms with Crippen LogP contribution in [0.4, 0.5) is 5.69 Å². The fraction of sp³-hybridized carbons (Fsp3) is 0.462. The molecule has 0 saturated carbocycles. The highest BCUT2D eigenvalue weighted by Gasteiger charge is 2.10.